The molecule has 2 aromatic rings. The summed E-state index contributed by atoms with van der Waals surface area (Å²) >= 11 is 7.38. The highest BCUT2D eigenvalue weighted by Crippen LogP contribution is 2.28. The summed E-state index contributed by atoms with van der Waals surface area (Å²) in [4.78, 5) is 21.2. The van der Waals surface area contributed by atoms with Gasteiger partial charge in [-0.1, -0.05) is 36.8 Å². The van der Waals surface area contributed by atoms with E-state index in [1.807, 2.05) is 18.7 Å². The summed E-state index contributed by atoms with van der Waals surface area (Å²) in [7, 11) is 0. The fourth-order valence-corrected chi connectivity index (χ4v) is 4.06. The maximum atomic E-state index is 12.4. The molecule has 0 bridgehead atoms. The van der Waals surface area contributed by atoms with E-state index in [1.54, 1.807) is 0 Å². The van der Waals surface area contributed by atoms with E-state index in [1.165, 1.54) is 11.3 Å². The van der Waals surface area contributed by atoms with Crippen molar-refractivity contribution in [1.29, 1.82) is 0 Å². The minimum atomic E-state index is -0.749. The Kier molecular flexibility index (Phi) is 6.30. The van der Waals surface area contributed by atoms with Gasteiger partial charge >= 0.3 is 0 Å². The van der Waals surface area contributed by atoms with Gasteiger partial charge in [-0.25, -0.2) is 4.98 Å². The minimum absolute atomic E-state index is 0.0158. The molecule has 0 aromatic carbocycles. The number of halogens is 1. The van der Waals surface area contributed by atoms with Crippen molar-refractivity contribution in [2.24, 2.45) is 0 Å². The fourth-order valence-electron chi connectivity index (χ4n) is 2.87. The van der Waals surface area contributed by atoms with Crippen molar-refractivity contribution >= 4 is 34.0 Å². The molecule has 1 saturated heterocycles. The Morgan fingerprint density at radius 2 is 2.30 bits per heavy atom. The minimum Gasteiger partial charge on any atom is -0.396 e. The smallest absolute Gasteiger partial charge is 0.287 e. The number of aryl methyl sites for hydroxylation is 1. The molecular formula is C16H23ClN6O3S. The first-order valence-electron chi connectivity index (χ1n) is 8.85. The molecule has 0 spiro atoms. The second-order valence-electron chi connectivity index (χ2n) is 6.60. The van der Waals surface area contributed by atoms with Crippen molar-refractivity contribution in [3.05, 3.63) is 21.7 Å². The highest BCUT2D eigenvalue weighted by Gasteiger charge is 2.31. The van der Waals surface area contributed by atoms with Gasteiger partial charge in [0.05, 0.1) is 24.4 Å². The summed E-state index contributed by atoms with van der Waals surface area (Å²) < 4.78 is 0. The Balaban J connectivity index is 1.59. The molecular weight excluding hydrogens is 392 g/mol. The lowest BCUT2D eigenvalue weighted by molar-refractivity contribution is 0.0790. The number of β-amino-alcohol motifs (C(OH)–C–C–N with tert-alkyl or cyclic N) is 1. The quantitative estimate of drug-likeness (QED) is 0.554. The highest BCUT2D eigenvalue weighted by atomic mass is 35.5. The molecule has 27 heavy (non-hydrogen) atoms. The molecule has 9 nitrogen and oxygen atoms in total. The summed E-state index contributed by atoms with van der Waals surface area (Å²) in [5, 5.41) is 32.5. The number of imidazole rings is 1. The van der Waals surface area contributed by atoms with E-state index >= 15 is 0 Å². The van der Waals surface area contributed by atoms with Gasteiger partial charge in [0.25, 0.3) is 5.91 Å². The van der Waals surface area contributed by atoms with Gasteiger partial charge in [-0.15, -0.1) is 10.2 Å². The highest BCUT2D eigenvalue weighted by molar-refractivity contribution is 7.15. The van der Waals surface area contributed by atoms with Crippen LogP contribution in [0.4, 0.5) is 5.13 Å². The molecule has 0 aliphatic carbocycles. The molecule has 4 N–H and O–H groups in total. The summed E-state index contributed by atoms with van der Waals surface area (Å²) in [5.74, 6) is -0.298. The molecule has 0 saturated carbocycles. The van der Waals surface area contributed by atoms with Crippen LogP contribution in [0, 0.1) is 0 Å². The number of aromatic nitrogens is 4. The van der Waals surface area contributed by atoms with Crippen LogP contribution in [0.3, 0.4) is 0 Å². The predicted molar refractivity (Wildman–Crippen MR) is 102 cm³/mol. The average molecular weight is 415 g/mol. The third-order valence-electron chi connectivity index (χ3n) is 4.59. The van der Waals surface area contributed by atoms with Gasteiger partial charge in [0, 0.05) is 19.0 Å². The number of aliphatic hydroxyl groups excluding tert-OH is 2. The second kappa shape index (κ2) is 8.51. The summed E-state index contributed by atoms with van der Waals surface area (Å²) in [6.45, 7) is 4.78. The molecule has 3 atom stereocenters. The molecule has 3 heterocycles. The zero-order valence-corrected chi connectivity index (χ0v) is 16.7. The van der Waals surface area contributed by atoms with Crippen LogP contribution in [0.5, 0.6) is 0 Å². The number of aliphatic hydroxyl groups is 2. The number of H-pyrrole nitrogens is 1. The number of nitrogens with zero attached hydrogens (tertiary/aromatic N) is 4. The number of nitrogens with one attached hydrogen (secondary N) is 2. The summed E-state index contributed by atoms with van der Waals surface area (Å²) in [6.07, 6.45) is 0.465. The van der Waals surface area contributed by atoms with Crippen molar-refractivity contribution in [3.8, 4) is 0 Å². The Bertz CT molecular complexity index is 797. The Morgan fingerprint density at radius 1 is 1.52 bits per heavy atom. The SMILES string of the molecule is CCc1[nH]c(C(=O)N[C@@H]2CCN(c3nnc([C@H](C)CO)s3)C[C@@H]2O)nc1Cl. The zero-order valence-electron chi connectivity index (χ0n) is 15.1. The van der Waals surface area contributed by atoms with E-state index in [9.17, 15) is 15.0 Å². The number of carbonyl (C=O) groups is 1. The van der Waals surface area contributed by atoms with Gasteiger partial charge < -0.3 is 25.4 Å². The molecule has 0 unspecified atom stereocenters. The van der Waals surface area contributed by atoms with E-state index in [0.717, 1.165) is 5.01 Å². The Morgan fingerprint density at radius 3 is 2.93 bits per heavy atom. The number of carbonyl (C=O) groups excluding carboxylic acids is 1. The lowest BCUT2D eigenvalue weighted by Gasteiger charge is -2.35. The number of hydrogen-bond donors (Lipinski definition) is 4. The molecule has 11 heteroatoms. The number of piperidine rings is 1. The molecule has 1 fully saturated rings. The summed E-state index contributed by atoms with van der Waals surface area (Å²) in [6, 6.07) is -0.383. The molecule has 2 aromatic heterocycles. The van der Waals surface area contributed by atoms with Crippen LogP contribution in [0.2, 0.25) is 5.15 Å². The van der Waals surface area contributed by atoms with Crippen LogP contribution in [0.25, 0.3) is 0 Å². The normalized spacial score (nSPS) is 21.3. The van der Waals surface area contributed by atoms with Gasteiger partial charge in [-0.2, -0.15) is 0 Å². The van der Waals surface area contributed by atoms with Gasteiger partial charge in [0.15, 0.2) is 11.0 Å². The first kappa shape index (κ1) is 20.0. The molecule has 148 valence electrons. The maximum absolute atomic E-state index is 12.4. The van der Waals surface area contributed by atoms with E-state index in [-0.39, 0.29) is 30.3 Å². The van der Waals surface area contributed by atoms with Crippen molar-refractivity contribution in [2.45, 2.75) is 44.8 Å². The van der Waals surface area contributed by atoms with Gasteiger partial charge in [0.2, 0.25) is 5.13 Å². The van der Waals surface area contributed by atoms with Gasteiger partial charge in [-0.3, -0.25) is 4.79 Å². The molecule has 0 radical (unpaired) electrons. The molecule has 1 amide bonds. The maximum Gasteiger partial charge on any atom is 0.287 e. The van der Waals surface area contributed by atoms with E-state index < -0.39 is 6.10 Å². The van der Waals surface area contributed by atoms with Crippen molar-refractivity contribution in [1.82, 2.24) is 25.5 Å². The van der Waals surface area contributed by atoms with E-state index in [2.05, 4.69) is 25.5 Å². The first-order valence-corrected chi connectivity index (χ1v) is 10.0. The van der Waals surface area contributed by atoms with Crippen molar-refractivity contribution < 1.29 is 15.0 Å². The zero-order chi connectivity index (χ0) is 19.6. The lowest BCUT2D eigenvalue weighted by Crippen LogP contribution is -2.54. The van der Waals surface area contributed by atoms with Crippen LogP contribution < -0.4 is 10.2 Å². The van der Waals surface area contributed by atoms with Gasteiger partial charge in [0.1, 0.15) is 5.01 Å². The van der Waals surface area contributed by atoms with Crippen molar-refractivity contribution in [2.75, 3.05) is 24.6 Å². The Hall–Kier alpha value is -1.75. The van der Waals surface area contributed by atoms with Gasteiger partial charge in [-0.05, 0) is 12.8 Å². The number of aromatic amines is 1. The van der Waals surface area contributed by atoms with Crippen LogP contribution in [0.1, 0.15) is 47.5 Å². The average Bonchev–Trinajstić information content (AvgIpc) is 3.29. The molecule has 3 rings (SSSR count). The summed E-state index contributed by atoms with van der Waals surface area (Å²) in [5.41, 5.74) is 0.710. The van der Waals surface area contributed by atoms with Crippen LogP contribution in [0.15, 0.2) is 0 Å². The van der Waals surface area contributed by atoms with Crippen LogP contribution in [-0.4, -0.2) is 68.1 Å². The fraction of sp³-hybridized carbons (Fsp3) is 0.625. The number of rotatable bonds is 6. The van der Waals surface area contributed by atoms with E-state index in [0.29, 0.717) is 41.9 Å². The lowest BCUT2D eigenvalue weighted by atomic mass is 10.0. The second-order valence-corrected chi connectivity index (χ2v) is 7.94. The predicted octanol–water partition coefficient (Wildman–Crippen LogP) is 0.942. The molecule has 1 aliphatic rings. The molecule has 1 aliphatic heterocycles. The Labute approximate surface area is 165 Å². The number of hydrogen-bond acceptors (Lipinski definition) is 8. The third kappa shape index (κ3) is 4.40. The monoisotopic (exact) mass is 414 g/mol. The first-order chi connectivity index (χ1) is 12.9. The van der Waals surface area contributed by atoms with E-state index in [4.69, 9.17) is 11.6 Å². The van der Waals surface area contributed by atoms with Crippen molar-refractivity contribution in [3.63, 3.8) is 0 Å². The number of anilines is 1. The van der Waals surface area contributed by atoms with Crippen LogP contribution >= 0.6 is 22.9 Å². The largest absolute Gasteiger partial charge is 0.396 e. The standard InChI is InChI=1S/C16H23ClN6O3S/c1-3-9-12(17)20-13(18-9)14(26)19-10-4-5-23(6-11(10)25)16-22-21-15(27-16)8(2)7-24/h8,10-11,24-25H,3-7H2,1-2H3,(H,18,20)(H,19,26)/t8-,10-,11+/m1/s1. The third-order valence-corrected chi connectivity index (χ3v) is 6.12. The topological polar surface area (TPSA) is 127 Å². The number of amides is 1. The van der Waals surface area contributed by atoms with Crippen LogP contribution in [-0.2, 0) is 6.42 Å².